The zero-order valence-electron chi connectivity index (χ0n) is 15.8. The molecule has 16 nitrogen and oxygen atoms in total. The fraction of sp³-hybridized carbons (Fsp3) is 0.857. The third kappa shape index (κ3) is 6.05. The van der Waals surface area contributed by atoms with E-state index in [1.807, 2.05) is 0 Å². The fourth-order valence-electron chi connectivity index (χ4n) is 3.19. The topological polar surface area (TPSA) is 259 Å². The molecular formula is C14H23NO15S. The first kappa shape index (κ1) is 25.7. The number of rotatable bonds is 7. The predicted octanol–water partition coefficient (Wildman–Crippen LogP) is -5.33. The van der Waals surface area contributed by atoms with Crippen LogP contribution in [0, 0.1) is 0 Å². The van der Waals surface area contributed by atoms with Gasteiger partial charge in [-0.1, -0.05) is 0 Å². The molecule has 0 bridgehead atoms. The number of amides is 1. The van der Waals surface area contributed by atoms with E-state index in [9.17, 15) is 43.5 Å². The number of carbonyl (C=O) groups is 2. The highest BCUT2D eigenvalue weighted by atomic mass is 32.3. The van der Waals surface area contributed by atoms with Crippen molar-refractivity contribution < 1.29 is 71.6 Å². The van der Waals surface area contributed by atoms with Crippen LogP contribution in [0.2, 0.25) is 0 Å². The summed E-state index contributed by atoms with van der Waals surface area (Å²) in [5.41, 5.74) is 0. The smallest absolute Gasteiger partial charge is 0.397 e. The van der Waals surface area contributed by atoms with E-state index < -0.39 is 90.2 Å². The van der Waals surface area contributed by atoms with Gasteiger partial charge >= 0.3 is 16.4 Å². The van der Waals surface area contributed by atoms with E-state index in [0.29, 0.717) is 0 Å². The van der Waals surface area contributed by atoms with Gasteiger partial charge in [0.1, 0.15) is 42.7 Å². The Balaban J connectivity index is 2.39. The number of carboxylic acid groups (broad SMARTS) is 1. The van der Waals surface area contributed by atoms with E-state index in [-0.39, 0.29) is 0 Å². The number of aliphatic carboxylic acids is 1. The number of carboxylic acids is 1. The first-order valence-electron chi connectivity index (χ1n) is 8.72. The van der Waals surface area contributed by atoms with Gasteiger partial charge in [0, 0.05) is 6.92 Å². The van der Waals surface area contributed by atoms with Gasteiger partial charge in [-0.05, 0) is 0 Å². The van der Waals surface area contributed by atoms with E-state index in [1.54, 1.807) is 0 Å². The third-order valence-electron chi connectivity index (χ3n) is 4.55. The molecule has 2 fully saturated rings. The molecular weight excluding hydrogens is 454 g/mol. The van der Waals surface area contributed by atoms with Crippen molar-refractivity contribution in [2.75, 3.05) is 6.61 Å². The molecule has 2 heterocycles. The molecule has 10 atom stereocenters. The lowest BCUT2D eigenvalue weighted by Crippen LogP contribution is -2.68. The van der Waals surface area contributed by atoms with Crippen molar-refractivity contribution in [3.8, 4) is 0 Å². The van der Waals surface area contributed by atoms with Gasteiger partial charge in [-0.2, -0.15) is 8.42 Å². The maximum Gasteiger partial charge on any atom is 0.397 e. The van der Waals surface area contributed by atoms with Crippen LogP contribution in [0.15, 0.2) is 0 Å². The summed E-state index contributed by atoms with van der Waals surface area (Å²) in [6, 6.07) is -1.70. The molecule has 31 heavy (non-hydrogen) atoms. The van der Waals surface area contributed by atoms with Crippen LogP contribution < -0.4 is 5.32 Å². The zero-order chi connectivity index (χ0) is 23.7. The van der Waals surface area contributed by atoms with Gasteiger partial charge in [-0.15, -0.1) is 0 Å². The molecule has 0 radical (unpaired) electrons. The van der Waals surface area contributed by atoms with Crippen LogP contribution in [-0.4, -0.2) is 123 Å². The highest BCUT2D eigenvalue weighted by Crippen LogP contribution is 2.30. The molecule has 0 saturated carbocycles. The second kappa shape index (κ2) is 9.96. The minimum Gasteiger partial charge on any atom is -0.479 e. The van der Waals surface area contributed by atoms with Gasteiger partial charge in [0.05, 0.1) is 6.61 Å². The Morgan fingerprint density at radius 3 is 2.13 bits per heavy atom. The monoisotopic (exact) mass is 477 g/mol. The summed E-state index contributed by atoms with van der Waals surface area (Å²) in [7, 11) is -5.24. The molecule has 2 rings (SSSR count). The maximum atomic E-state index is 11.4. The average Bonchev–Trinajstić information content (AvgIpc) is 2.64. The summed E-state index contributed by atoms with van der Waals surface area (Å²) in [6.07, 6.45) is -17.7. The molecule has 0 aromatic rings. The Hall–Kier alpha value is -1.51. The van der Waals surface area contributed by atoms with Crippen LogP contribution in [0.3, 0.4) is 0 Å². The molecule has 0 unspecified atom stereocenters. The van der Waals surface area contributed by atoms with E-state index in [0.717, 1.165) is 6.92 Å². The minimum absolute atomic E-state index is 0.795. The highest BCUT2D eigenvalue weighted by Gasteiger charge is 2.53. The van der Waals surface area contributed by atoms with Gasteiger partial charge in [0.2, 0.25) is 5.91 Å². The highest BCUT2D eigenvalue weighted by molar-refractivity contribution is 7.80. The Kier molecular flexibility index (Phi) is 8.27. The lowest BCUT2D eigenvalue weighted by Gasteiger charge is -2.46. The first-order chi connectivity index (χ1) is 14.3. The Morgan fingerprint density at radius 1 is 1.03 bits per heavy atom. The van der Waals surface area contributed by atoms with Gasteiger partial charge in [0.25, 0.3) is 0 Å². The van der Waals surface area contributed by atoms with Gasteiger partial charge in [-0.3, -0.25) is 9.35 Å². The molecule has 0 aromatic carbocycles. The van der Waals surface area contributed by atoms with E-state index in [1.165, 1.54) is 0 Å². The van der Waals surface area contributed by atoms with Crippen molar-refractivity contribution in [3.63, 3.8) is 0 Å². The van der Waals surface area contributed by atoms with Gasteiger partial charge < -0.3 is 50.2 Å². The second-order valence-corrected chi connectivity index (χ2v) is 7.85. The van der Waals surface area contributed by atoms with Gasteiger partial charge in [0.15, 0.2) is 18.7 Å². The largest absolute Gasteiger partial charge is 0.479 e. The number of nitrogens with one attached hydrogen (secondary N) is 1. The number of hydrogen-bond donors (Lipinski definition) is 8. The standard InChI is InChI=1S/C14H23NO15S/c1-3(17)15-5-10(30-31(24,25)26)9(4(2-16)27-13(5)23)28-14-8(20)6(18)7(19)11(29-14)12(21)22/h4-11,13-14,16,18-20,23H,2H2,1H3,(H,15,17)(H,21,22)(H,24,25,26)/t4-,5-,6+,7+,8-,9-,10-,11+,13+,14-/m1/s1. The molecule has 2 aliphatic heterocycles. The second-order valence-electron chi connectivity index (χ2n) is 6.80. The summed E-state index contributed by atoms with van der Waals surface area (Å²) in [5, 5.41) is 60.5. The number of aliphatic hydroxyl groups is 5. The van der Waals surface area contributed by atoms with Crippen LogP contribution in [0.1, 0.15) is 6.92 Å². The van der Waals surface area contributed by atoms with Crippen molar-refractivity contribution >= 4 is 22.3 Å². The first-order valence-corrected chi connectivity index (χ1v) is 10.1. The number of aliphatic hydroxyl groups excluding tert-OH is 5. The Morgan fingerprint density at radius 2 is 1.65 bits per heavy atom. The van der Waals surface area contributed by atoms with Crippen molar-refractivity contribution in [1.82, 2.24) is 5.32 Å². The van der Waals surface area contributed by atoms with E-state index in [2.05, 4.69) is 9.50 Å². The SMILES string of the molecule is CC(=O)N[C@@H]1[C@@H](OS(=O)(=O)O)[C@H](O[C@@H]2O[C@H](C(=O)O)[C@@H](O)[C@H](O)[C@H]2O)[C@@H](CO)O[C@@H]1O. The lowest BCUT2D eigenvalue weighted by atomic mass is 9.95. The average molecular weight is 477 g/mol. The summed E-state index contributed by atoms with van der Waals surface area (Å²) in [6.45, 7) is 0.0463. The molecule has 2 saturated heterocycles. The van der Waals surface area contributed by atoms with Crippen LogP contribution in [0.25, 0.3) is 0 Å². The molecule has 17 heteroatoms. The molecule has 180 valence electrons. The quantitative estimate of drug-likeness (QED) is 0.159. The van der Waals surface area contributed by atoms with Crippen molar-refractivity contribution in [1.29, 1.82) is 0 Å². The molecule has 8 N–H and O–H groups in total. The predicted molar refractivity (Wildman–Crippen MR) is 91.2 cm³/mol. The third-order valence-corrected chi connectivity index (χ3v) is 5.02. The molecule has 0 aromatic heterocycles. The lowest BCUT2D eigenvalue weighted by molar-refractivity contribution is -0.338. The summed E-state index contributed by atoms with van der Waals surface area (Å²) in [4.78, 5) is 22.7. The minimum atomic E-state index is -5.24. The van der Waals surface area contributed by atoms with Crippen LogP contribution in [0.5, 0.6) is 0 Å². The fourth-order valence-corrected chi connectivity index (χ4v) is 3.70. The summed E-state index contributed by atoms with van der Waals surface area (Å²) >= 11 is 0. The van der Waals surface area contributed by atoms with Crippen LogP contribution in [-0.2, 0) is 38.4 Å². The van der Waals surface area contributed by atoms with Crippen LogP contribution in [0.4, 0.5) is 0 Å². The molecule has 0 aliphatic carbocycles. The number of hydrogen-bond acceptors (Lipinski definition) is 13. The van der Waals surface area contributed by atoms with Crippen LogP contribution >= 0.6 is 0 Å². The van der Waals surface area contributed by atoms with Crippen molar-refractivity contribution in [2.45, 2.75) is 68.3 Å². The number of carbonyl (C=O) groups excluding carboxylic acids is 1. The number of ether oxygens (including phenoxy) is 3. The molecule has 0 spiro atoms. The Labute approximate surface area is 174 Å². The summed E-state index contributed by atoms with van der Waals surface area (Å²) in [5.74, 6) is -2.53. The molecule has 2 aliphatic rings. The zero-order valence-corrected chi connectivity index (χ0v) is 16.6. The Bertz CT molecular complexity index is 761. The molecule has 1 amide bonds. The van der Waals surface area contributed by atoms with E-state index >= 15 is 0 Å². The van der Waals surface area contributed by atoms with Crippen molar-refractivity contribution in [2.24, 2.45) is 0 Å². The maximum absolute atomic E-state index is 11.4. The summed E-state index contributed by atoms with van der Waals surface area (Å²) < 4.78 is 51.5. The van der Waals surface area contributed by atoms with Gasteiger partial charge in [-0.25, -0.2) is 8.98 Å². The normalized spacial score (nSPS) is 41.5. The van der Waals surface area contributed by atoms with Crippen molar-refractivity contribution in [3.05, 3.63) is 0 Å². The van der Waals surface area contributed by atoms with E-state index in [4.69, 9.17) is 23.9 Å².